The van der Waals surface area contributed by atoms with Gasteiger partial charge in [-0.15, -0.1) is 0 Å². The number of carbonyl (C=O) groups is 1. The number of likely N-dealkylation sites (N-methyl/N-ethyl adjacent to an activating group) is 1. The van der Waals surface area contributed by atoms with Crippen LogP contribution in [0, 0.1) is 4.77 Å². The Labute approximate surface area is 174 Å². The second-order valence-electron chi connectivity index (χ2n) is 6.41. The zero-order valence-electron chi connectivity index (χ0n) is 17.1. The van der Waals surface area contributed by atoms with Crippen molar-refractivity contribution in [1.82, 2.24) is 14.0 Å². The van der Waals surface area contributed by atoms with Crippen molar-refractivity contribution in [2.45, 2.75) is 13.8 Å². The fraction of sp³-hybridized carbons (Fsp3) is 0.400. The summed E-state index contributed by atoms with van der Waals surface area (Å²) in [6, 6.07) is 6.49. The third-order valence-corrected chi connectivity index (χ3v) is 5.20. The summed E-state index contributed by atoms with van der Waals surface area (Å²) in [5, 5.41) is 10.2. The standard InChI is InChI=1S/C20H26N4O4S/c1-5-24(6-2)11-12-28-19(27)14-7-9-15(10-8-14)21-13-16-17(25)22(3)20(29)23(4)18(16)26/h7-10,13,25H,5-6,11-12H2,1-4H3. The summed E-state index contributed by atoms with van der Waals surface area (Å²) in [5.74, 6) is -0.650. The molecule has 2 rings (SSSR count). The number of hydrogen-bond acceptors (Lipinski definition) is 7. The van der Waals surface area contributed by atoms with Gasteiger partial charge in [0.25, 0.3) is 5.56 Å². The van der Waals surface area contributed by atoms with Crippen molar-refractivity contribution in [3.05, 3.63) is 50.5 Å². The Morgan fingerprint density at radius 3 is 2.41 bits per heavy atom. The molecule has 0 radical (unpaired) electrons. The van der Waals surface area contributed by atoms with E-state index in [2.05, 4.69) is 23.7 Å². The minimum atomic E-state index is -0.442. The molecule has 0 spiro atoms. The highest BCUT2D eigenvalue weighted by Crippen LogP contribution is 2.16. The first-order chi connectivity index (χ1) is 13.8. The number of nitrogens with zero attached hydrogens (tertiary/aromatic N) is 4. The summed E-state index contributed by atoms with van der Waals surface area (Å²) in [7, 11) is 3.09. The smallest absolute Gasteiger partial charge is 0.338 e. The van der Waals surface area contributed by atoms with Crippen molar-refractivity contribution >= 4 is 30.1 Å². The van der Waals surface area contributed by atoms with Gasteiger partial charge in [-0.05, 0) is 49.6 Å². The van der Waals surface area contributed by atoms with E-state index in [1.54, 1.807) is 31.3 Å². The summed E-state index contributed by atoms with van der Waals surface area (Å²) in [5.41, 5.74) is 0.534. The number of benzene rings is 1. The first-order valence-corrected chi connectivity index (χ1v) is 9.73. The van der Waals surface area contributed by atoms with Crippen LogP contribution in [0.25, 0.3) is 0 Å². The first kappa shape index (κ1) is 22.5. The minimum Gasteiger partial charge on any atom is -0.494 e. The van der Waals surface area contributed by atoms with Crippen molar-refractivity contribution in [2.75, 3.05) is 26.2 Å². The van der Waals surface area contributed by atoms with Crippen molar-refractivity contribution in [3.8, 4) is 5.88 Å². The average Bonchev–Trinajstić information content (AvgIpc) is 2.74. The van der Waals surface area contributed by atoms with E-state index < -0.39 is 11.5 Å². The molecule has 0 aliphatic heterocycles. The number of hydrogen-bond donors (Lipinski definition) is 1. The number of aromatic nitrogens is 2. The van der Waals surface area contributed by atoms with Crippen molar-refractivity contribution in [1.29, 1.82) is 0 Å². The molecule has 1 aromatic carbocycles. The van der Waals surface area contributed by atoms with E-state index >= 15 is 0 Å². The van der Waals surface area contributed by atoms with Crippen LogP contribution < -0.4 is 5.56 Å². The van der Waals surface area contributed by atoms with Crippen LogP contribution in [0.4, 0.5) is 5.69 Å². The maximum atomic E-state index is 12.3. The number of aliphatic imine (C=N–C) groups is 1. The van der Waals surface area contributed by atoms with Crippen LogP contribution in [0.3, 0.4) is 0 Å². The molecule has 0 bridgehead atoms. The molecule has 0 fully saturated rings. The predicted octanol–water partition coefficient (Wildman–Crippen LogP) is 2.41. The lowest BCUT2D eigenvalue weighted by Crippen LogP contribution is -2.27. The molecule has 8 nitrogen and oxygen atoms in total. The highest BCUT2D eigenvalue weighted by Gasteiger charge is 2.11. The van der Waals surface area contributed by atoms with Crippen LogP contribution in [-0.2, 0) is 18.8 Å². The van der Waals surface area contributed by atoms with Crippen molar-refractivity contribution in [3.63, 3.8) is 0 Å². The molecular weight excluding hydrogens is 392 g/mol. The Hall–Kier alpha value is -2.78. The van der Waals surface area contributed by atoms with Gasteiger partial charge in [-0.1, -0.05) is 13.8 Å². The van der Waals surface area contributed by atoms with E-state index in [1.165, 1.54) is 22.4 Å². The van der Waals surface area contributed by atoms with Gasteiger partial charge in [-0.25, -0.2) is 4.79 Å². The molecule has 0 saturated carbocycles. The molecule has 0 saturated heterocycles. The Bertz CT molecular complexity index is 1000. The Morgan fingerprint density at radius 2 is 1.83 bits per heavy atom. The fourth-order valence-corrected chi connectivity index (χ4v) is 2.86. The lowest BCUT2D eigenvalue weighted by molar-refractivity contribution is 0.0466. The van der Waals surface area contributed by atoms with Crippen molar-refractivity contribution in [2.24, 2.45) is 19.1 Å². The second kappa shape index (κ2) is 10.1. The minimum absolute atomic E-state index is 0.0310. The van der Waals surface area contributed by atoms with Gasteiger partial charge >= 0.3 is 5.97 Å². The van der Waals surface area contributed by atoms with E-state index in [0.29, 0.717) is 24.4 Å². The third kappa shape index (κ3) is 5.39. The van der Waals surface area contributed by atoms with Gasteiger partial charge in [0.15, 0.2) is 4.77 Å². The molecule has 0 aliphatic carbocycles. The SMILES string of the molecule is CCN(CC)CCOC(=O)c1ccc(N=Cc2c(O)n(C)c(=S)n(C)c2=O)cc1. The molecule has 9 heteroatoms. The molecule has 0 atom stereocenters. The molecule has 1 N–H and O–H groups in total. The van der Waals surface area contributed by atoms with Gasteiger partial charge in [0.05, 0.1) is 11.3 Å². The predicted molar refractivity (Wildman–Crippen MR) is 115 cm³/mol. The van der Waals surface area contributed by atoms with E-state index in [-0.39, 0.29) is 16.2 Å². The summed E-state index contributed by atoms with van der Waals surface area (Å²) in [4.78, 5) is 30.8. The van der Waals surface area contributed by atoms with Gasteiger partial charge in [0.1, 0.15) is 12.2 Å². The monoisotopic (exact) mass is 418 g/mol. The maximum Gasteiger partial charge on any atom is 0.338 e. The lowest BCUT2D eigenvalue weighted by Gasteiger charge is -2.17. The largest absolute Gasteiger partial charge is 0.494 e. The number of carbonyl (C=O) groups excluding carboxylic acids is 1. The first-order valence-electron chi connectivity index (χ1n) is 9.32. The molecule has 29 heavy (non-hydrogen) atoms. The van der Waals surface area contributed by atoms with E-state index in [1.807, 2.05) is 0 Å². The summed E-state index contributed by atoms with van der Waals surface area (Å²) >= 11 is 5.08. The van der Waals surface area contributed by atoms with Gasteiger partial charge < -0.3 is 14.7 Å². The van der Waals surface area contributed by atoms with E-state index in [0.717, 1.165) is 13.1 Å². The summed E-state index contributed by atoms with van der Waals surface area (Å²) < 4.78 is 8.08. The van der Waals surface area contributed by atoms with Crippen LogP contribution in [0.15, 0.2) is 34.1 Å². The number of ether oxygens (including phenoxy) is 1. The third-order valence-electron chi connectivity index (χ3n) is 4.65. The average molecular weight is 419 g/mol. The summed E-state index contributed by atoms with van der Waals surface area (Å²) in [6.45, 7) is 6.97. The van der Waals surface area contributed by atoms with Crippen molar-refractivity contribution < 1.29 is 14.6 Å². The van der Waals surface area contributed by atoms with Crippen LogP contribution in [0.5, 0.6) is 5.88 Å². The van der Waals surface area contributed by atoms with Gasteiger partial charge in [0.2, 0.25) is 5.88 Å². The lowest BCUT2D eigenvalue weighted by atomic mass is 10.2. The zero-order valence-corrected chi connectivity index (χ0v) is 17.9. The van der Waals surface area contributed by atoms with Gasteiger partial charge in [0, 0.05) is 26.9 Å². The van der Waals surface area contributed by atoms with Crippen LogP contribution >= 0.6 is 12.2 Å². The zero-order chi connectivity index (χ0) is 21.6. The highest BCUT2D eigenvalue weighted by atomic mass is 32.1. The topological polar surface area (TPSA) is 89.1 Å². The van der Waals surface area contributed by atoms with E-state index in [4.69, 9.17) is 17.0 Å². The Morgan fingerprint density at radius 1 is 1.21 bits per heavy atom. The molecule has 156 valence electrons. The van der Waals surface area contributed by atoms with Crippen LogP contribution in [0.1, 0.15) is 29.8 Å². The normalized spacial score (nSPS) is 11.3. The number of rotatable bonds is 8. The summed E-state index contributed by atoms with van der Waals surface area (Å²) in [6.07, 6.45) is 1.28. The highest BCUT2D eigenvalue weighted by molar-refractivity contribution is 7.71. The molecule has 2 aromatic rings. The number of esters is 1. The number of aromatic hydroxyl groups is 1. The fourth-order valence-electron chi connectivity index (χ4n) is 2.69. The quantitative estimate of drug-likeness (QED) is 0.402. The molecule has 0 aliphatic rings. The van der Waals surface area contributed by atoms with Crippen LogP contribution in [0.2, 0.25) is 0 Å². The van der Waals surface area contributed by atoms with Gasteiger partial charge in [-0.3, -0.25) is 18.9 Å². The molecule has 0 amide bonds. The van der Waals surface area contributed by atoms with Gasteiger partial charge in [-0.2, -0.15) is 0 Å². The second-order valence-corrected chi connectivity index (χ2v) is 6.78. The van der Waals surface area contributed by atoms with Crippen LogP contribution in [-0.4, -0.2) is 57.6 Å². The molecular formula is C20H26N4O4S. The Kier molecular flexibility index (Phi) is 7.86. The molecule has 0 unspecified atom stereocenters. The van der Waals surface area contributed by atoms with E-state index in [9.17, 15) is 14.7 Å². The molecule has 1 heterocycles. The molecule has 1 aromatic heterocycles. The maximum absolute atomic E-state index is 12.3. The Balaban J connectivity index is 2.09.